The maximum atomic E-state index is 13.7. The first-order valence-corrected chi connectivity index (χ1v) is 11.3. The van der Waals surface area contributed by atoms with Crippen LogP contribution in [0.5, 0.6) is 5.88 Å². The summed E-state index contributed by atoms with van der Waals surface area (Å²) in [6, 6.07) is 7.87. The summed E-state index contributed by atoms with van der Waals surface area (Å²) in [6.45, 7) is 3.83. The molecule has 0 amide bonds. The third-order valence-electron chi connectivity index (χ3n) is 5.17. The Morgan fingerprint density at radius 1 is 1.32 bits per heavy atom. The fourth-order valence-corrected chi connectivity index (χ4v) is 4.55. The number of rotatable bonds is 0. The number of aryl methyl sites for hydroxylation is 2. The van der Waals surface area contributed by atoms with Crippen LogP contribution in [0.3, 0.4) is 0 Å². The molecule has 1 unspecified atom stereocenters. The number of nitrogens with zero attached hydrogens (tertiary/aromatic N) is 7. The molecule has 10 nitrogen and oxygen atoms in total. The fraction of sp³-hybridized carbons (Fsp3) is 0.300. The number of nitrogens with two attached hydrogens (primary N) is 1. The van der Waals surface area contributed by atoms with Crippen molar-refractivity contribution in [1.29, 1.82) is 5.26 Å². The van der Waals surface area contributed by atoms with E-state index in [-0.39, 0.29) is 23.2 Å². The Morgan fingerprint density at radius 3 is 2.77 bits per heavy atom. The Bertz CT molecular complexity index is 1360. The van der Waals surface area contributed by atoms with Crippen LogP contribution in [-0.2, 0) is 17.0 Å². The summed E-state index contributed by atoms with van der Waals surface area (Å²) in [6.07, 6.45) is 2.48. The summed E-state index contributed by atoms with van der Waals surface area (Å²) in [7, 11) is 0.352. The third kappa shape index (κ3) is 3.44. The first kappa shape index (κ1) is 20.6. The second kappa shape index (κ2) is 7.24. The van der Waals surface area contributed by atoms with Gasteiger partial charge in [0.25, 0.3) is 5.88 Å². The highest BCUT2D eigenvalue weighted by atomic mass is 32.2. The van der Waals surface area contributed by atoms with Crippen LogP contribution < -0.4 is 14.8 Å². The van der Waals surface area contributed by atoms with Crippen molar-refractivity contribution in [2.24, 2.45) is 11.4 Å². The van der Waals surface area contributed by atoms with Crippen LogP contribution in [0.15, 0.2) is 28.8 Å². The molecule has 1 aliphatic heterocycles. The number of aromatic nitrogens is 4. The van der Waals surface area contributed by atoms with E-state index >= 15 is 0 Å². The lowest BCUT2D eigenvalue weighted by Gasteiger charge is -2.27. The average molecular weight is 439 g/mol. The van der Waals surface area contributed by atoms with Crippen molar-refractivity contribution in [2.75, 3.05) is 23.3 Å². The van der Waals surface area contributed by atoms with Crippen molar-refractivity contribution < 1.29 is 8.95 Å². The van der Waals surface area contributed by atoms with Gasteiger partial charge in [-0.05, 0) is 19.9 Å². The standard InChI is InChI=1S/C20H22N8O2S/c1-11-6-7-15-13(8-11)12(2)30-20-18(22)23-10-14(24-20)17-16(9-21)27(3)25-19(17)26-31(5,29)28(15)4/h6-8,10,12H,1-5H3,(H2,22,23)/t12-,31?/m1/s1. The van der Waals surface area contributed by atoms with E-state index in [1.165, 1.54) is 17.1 Å². The van der Waals surface area contributed by atoms with Crippen LogP contribution in [0, 0.1) is 18.3 Å². The molecular weight excluding hydrogens is 416 g/mol. The van der Waals surface area contributed by atoms with Crippen molar-refractivity contribution in [2.45, 2.75) is 20.0 Å². The predicted molar refractivity (Wildman–Crippen MR) is 118 cm³/mol. The molecule has 0 saturated heterocycles. The second-order valence-electron chi connectivity index (χ2n) is 7.40. The molecule has 3 aromatic rings. The maximum absolute atomic E-state index is 13.7. The minimum atomic E-state index is -2.97. The van der Waals surface area contributed by atoms with E-state index in [0.717, 1.165) is 11.1 Å². The maximum Gasteiger partial charge on any atom is 0.258 e. The summed E-state index contributed by atoms with van der Waals surface area (Å²) in [4.78, 5) is 8.69. The molecule has 0 radical (unpaired) electrons. The van der Waals surface area contributed by atoms with Crippen LogP contribution in [0.1, 0.15) is 29.8 Å². The van der Waals surface area contributed by atoms with E-state index < -0.39 is 16.0 Å². The Balaban J connectivity index is 2.11. The summed E-state index contributed by atoms with van der Waals surface area (Å²) in [5.74, 6) is 0.387. The van der Waals surface area contributed by atoms with Gasteiger partial charge in [-0.2, -0.15) is 14.7 Å². The number of benzene rings is 1. The minimum Gasteiger partial charge on any atom is -0.467 e. The predicted octanol–water partition coefficient (Wildman–Crippen LogP) is 2.87. The van der Waals surface area contributed by atoms with Crippen LogP contribution in [0.2, 0.25) is 0 Å². The monoisotopic (exact) mass is 438 g/mol. The summed E-state index contributed by atoms with van der Waals surface area (Å²) >= 11 is 0. The van der Waals surface area contributed by atoms with Crippen LogP contribution in [0.4, 0.5) is 17.3 Å². The molecule has 0 fully saturated rings. The molecular formula is C20H22N8O2S. The number of nitriles is 1. The Morgan fingerprint density at radius 2 is 2.06 bits per heavy atom. The molecule has 2 aromatic heterocycles. The number of anilines is 2. The van der Waals surface area contributed by atoms with Gasteiger partial charge in [0.2, 0.25) is 0 Å². The molecule has 0 spiro atoms. The summed E-state index contributed by atoms with van der Waals surface area (Å²) in [5, 5.41) is 14.0. The Kier molecular flexibility index (Phi) is 4.82. The number of hydrogen-bond donors (Lipinski definition) is 1. The quantitative estimate of drug-likeness (QED) is 0.570. The van der Waals surface area contributed by atoms with Crippen molar-refractivity contribution in [1.82, 2.24) is 19.7 Å². The van der Waals surface area contributed by atoms with Gasteiger partial charge in [0.1, 0.15) is 27.8 Å². The first-order valence-electron chi connectivity index (χ1n) is 9.45. The van der Waals surface area contributed by atoms with Gasteiger partial charge in [-0.25, -0.2) is 14.2 Å². The highest BCUT2D eigenvalue weighted by molar-refractivity contribution is 7.94. The molecule has 0 aliphatic carbocycles. The lowest BCUT2D eigenvalue weighted by Crippen LogP contribution is -2.27. The summed E-state index contributed by atoms with van der Waals surface area (Å²) < 4.78 is 27.3. The molecule has 2 atom stereocenters. The largest absolute Gasteiger partial charge is 0.467 e. The number of hydrogen-bond acceptors (Lipinski definition) is 8. The van der Waals surface area contributed by atoms with Gasteiger partial charge >= 0.3 is 0 Å². The summed E-state index contributed by atoms with van der Waals surface area (Å²) in [5.41, 5.74) is 9.38. The van der Waals surface area contributed by atoms with E-state index in [1.807, 2.05) is 32.0 Å². The molecule has 0 saturated carbocycles. The molecule has 4 rings (SSSR count). The van der Waals surface area contributed by atoms with Gasteiger partial charge in [-0.15, -0.1) is 0 Å². The molecule has 160 valence electrons. The topological polar surface area (TPSA) is 135 Å². The SMILES string of the molecule is Cc1ccc2c(c1)[C@@H](C)Oc1nc(cnc1N)-c1c(nn(C)c1C#N)N=S(C)(=O)N2C. The van der Waals surface area contributed by atoms with Crippen LogP contribution in [-0.4, -0.2) is 37.3 Å². The van der Waals surface area contributed by atoms with Crippen molar-refractivity contribution in [3.63, 3.8) is 0 Å². The zero-order valence-corrected chi connectivity index (χ0v) is 18.6. The Labute approximate surface area is 180 Å². The van der Waals surface area contributed by atoms with E-state index in [4.69, 9.17) is 10.5 Å². The van der Waals surface area contributed by atoms with Crippen molar-refractivity contribution in [3.05, 3.63) is 41.2 Å². The molecule has 1 aromatic carbocycles. The van der Waals surface area contributed by atoms with Crippen LogP contribution >= 0.6 is 0 Å². The van der Waals surface area contributed by atoms with Gasteiger partial charge in [-0.1, -0.05) is 17.7 Å². The number of ether oxygens (including phenoxy) is 1. The van der Waals surface area contributed by atoms with Gasteiger partial charge in [0.05, 0.1) is 23.1 Å². The first-order chi connectivity index (χ1) is 14.6. The molecule has 11 heteroatoms. The van der Waals surface area contributed by atoms with Gasteiger partial charge in [-0.3, -0.25) is 8.99 Å². The number of fused-ring (bicyclic) bond motifs is 5. The molecule has 31 heavy (non-hydrogen) atoms. The second-order valence-corrected chi connectivity index (χ2v) is 9.66. The van der Waals surface area contributed by atoms with Gasteiger partial charge in [0, 0.05) is 25.9 Å². The van der Waals surface area contributed by atoms with Gasteiger partial charge in [0.15, 0.2) is 11.6 Å². The molecule has 1 aliphatic rings. The van der Waals surface area contributed by atoms with Crippen molar-refractivity contribution in [3.8, 4) is 23.2 Å². The molecule has 2 bridgehead atoms. The normalized spacial score (nSPS) is 20.3. The van der Waals surface area contributed by atoms with E-state index in [2.05, 4.69) is 25.5 Å². The smallest absolute Gasteiger partial charge is 0.258 e. The Hall–Kier alpha value is -3.65. The average Bonchev–Trinajstić information content (AvgIpc) is 3.02. The van der Waals surface area contributed by atoms with Gasteiger partial charge < -0.3 is 10.5 Å². The number of nitrogen functional groups attached to an aromatic ring is 1. The fourth-order valence-electron chi connectivity index (χ4n) is 3.45. The lowest BCUT2D eigenvalue weighted by molar-refractivity contribution is 0.219. The lowest BCUT2D eigenvalue weighted by atomic mass is 10.0. The minimum absolute atomic E-state index is 0.121. The molecule has 2 N–H and O–H groups in total. The highest BCUT2D eigenvalue weighted by Crippen LogP contribution is 2.38. The van der Waals surface area contributed by atoms with E-state index in [1.54, 1.807) is 18.4 Å². The van der Waals surface area contributed by atoms with Crippen LogP contribution in [0.25, 0.3) is 11.3 Å². The van der Waals surface area contributed by atoms with E-state index in [9.17, 15) is 9.47 Å². The zero-order valence-electron chi connectivity index (χ0n) is 17.8. The highest BCUT2D eigenvalue weighted by Gasteiger charge is 2.26. The van der Waals surface area contributed by atoms with Crippen molar-refractivity contribution >= 4 is 27.2 Å². The zero-order chi connectivity index (χ0) is 22.5. The van der Waals surface area contributed by atoms with E-state index in [0.29, 0.717) is 16.9 Å². The molecule has 3 heterocycles. The third-order valence-corrected chi connectivity index (χ3v) is 6.90.